The lowest BCUT2D eigenvalue weighted by Crippen LogP contribution is -2.64. The number of urea groups is 1. The van der Waals surface area contributed by atoms with E-state index in [0.717, 1.165) is 13.1 Å². The summed E-state index contributed by atoms with van der Waals surface area (Å²) in [5, 5.41) is 8.77. The third kappa shape index (κ3) is 3.00. The van der Waals surface area contributed by atoms with Gasteiger partial charge in [-0.05, 0) is 26.3 Å². The first-order valence-electron chi connectivity index (χ1n) is 8.06. The number of hydrogen-bond donors (Lipinski definition) is 1. The zero-order valence-electron chi connectivity index (χ0n) is 12.7. The molecule has 0 aromatic carbocycles. The first-order valence-corrected chi connectivity index (χ1v) is 8.06. The summed E-state index contributed by atoms with van der Waals surface area (Å²) in [5.74, 6) is -0.631. The summed E-state index contributed by atoms with van der Waals surface area (Å²) in [6, 6.07) is 0.884. The van der Waals surface area contributed by atoms with Crippen LogP contribution in [0.5, 0.6) is 0 Å². The fourth-order valence-corrected chi connectivity index (χ4v) is 3.90. The lowest BCUT2D eigenvalue weighted by molar-refractivity contribution is -0.139. The highest BCUT2D eigenvalue weighted by atomic mass is 16.4. The Hall–Kier alpha value is -1.30. The van der Waals surface area contributed by atoms with Gasteiger partial charge < -0.3 is 14.9 Å². The van der Waals surface area contributed by atoms with E-state index < -0.39 is 5.97 Å². The smallest absolute Gasteiger partial charge is 0.320 e. The van der Waals surface area contributed by atoms with Crippen molar-refractivity contribution in [3.8, 4) is 0 Å². The van der Waals surface area contributed by atoms with E-state index in [2.05, 4.69) is 11.8 Å². The Bertz CT molecular complexity index is 422. The Balaban J connectivity index is 1.54. The van der Waals surface area contributed by atoms with Crippen LogP contribution in [0, 0.1) is 5.92 Å². The molecule has 3 aliphatic heterocycles. The third-order valence-electron chi connectivity index (χ3n) is 5.12. The predicted molar refractivity (Wildman–Crippen MR) is 78.1 cm³/mol. The molecular weight excluding hydrogens is 270 g/mol. The normalized spacial score (nSPS) is 30.7. The van der Waals surface area contributed by atoms with E-state index in [1.807, 2.05) is 9.80 Å². The van der Waals surface area contributed by atoms with Gasteiger partial charge in [0.1, 0.15) is 0 Å². The number of likely N-dealkylation sites (tertiary alicyclic amines) is 1. The van der Waals surface area contributed by atoms with Gasteiger partial charge in [-0.15, -0.1) is 0 Å². The molecular formula is C15H25N3O3. The first kappa shape index (κ1) is 14.6. The molecule has 0 radical (unpaired) electrons. The zero-order valence-corrected chi connectivity index (χ0v) is 12.7. The van der Waals surface area contributed by atoms with Crippen LogP contribution in [0.3, 0.4) is 0 Å². The van der Waals surface area contributed by atoms with Crippen LogP contribution in [0.4, 0.5) is 4.79 Å². The third-order valence-corrected chi connectivity index (χ3v) is 5.12. The Kier molecular flexibility index (Phi) is 4.06. The summed E-state index contributed by atoms with van der Waals surface area (Å²) in [5.41, 5.74) is 0. The topological polar surface area (TPSA) is 64.1 Å². The monoisotopic (exact) mass is 295 g/mol. The molecule has 0 aromatic heterocycles. The Morgan fingerprint density at radius 1 is 1.14 bits per heavy atom. The lowest BCUT2D eigenvalue weighted by atomic mass is 9.95. The van der Waals surface area contributed by atoms with Gasteiger partial charge >= 0.3 is 12.0 Å². The molecule has 3 fully saturated rings. The average molecular weight is 295 g/mol. The van der Waals surface area contributed by atoms with Gasteiger partial charge in [0.15, 0.2) is 0 Å². The standard InChI is InChI=1S/C15H25N3O3/c1-11-7-16-5-3-2-4-13(16)10-18(11)15(21)17-8-12(9-17)6-14(19)20/h11-13H,2-10H2,1H3,(H,19,20). The van der Waals surface area contributed by atoms with E-state index in [0.29, 0.717) is 19.1 Å². The van der Waals surface area contributed by atoms with Crippen LogP contribution >= 0.6 is 0 Å². The van der Waals surface area contributed by atoms with Crippen LogP contribution in [0.1, 0.15) is 32.6 Å². The number of piperazine rings is 1. The van der Waals surface area contributed by atoms with Gasteiger partial charge in [-0.25, -0.2) is 4.79 Å². The second kappa shape index (κ2) is 5.83. The van der Waals surface area contributed by atoms with Crippen LogP contribution < -0.4 is 0 Å². The molecule has 2 amide bonds. The van der Waals surface area contributed by atoms with Crippen molar-refractivity contribution in [2.45, 2.75) is 44.7 Å². The van der Waals surface area contributed by atoms with Gasteiger partial charge in [0.25, 0.3) is 0 Å². The molecule has 21 heavy (non-hydrogen) atoms. The van der Waals surface area contributed by atoms with Gasteiger partial charge in [-0.2, -0.15) is 0 Å². The lowest BCUT2D eigenvalue weighted by Gasteiger charge is -2.50. The van der Waals surface area contributed by atoms with E-state index in [9.17, 15) is 9.59 Å². The molecule has 1 N–H and O–H groups in total. The molecule has 118 valence electrons. The van der Waals surface area contributed by atoms with E-state index in [1.54, 1.807) is 0 Å². The number of carboxylic acids is 1. The largest absolute Gasteiger partial charge is 0.481 e. The molecule has 6 nitrogen and oxygen atoms in total. The minimum atomic E-state index is -0.767. The quantitative estimate of drug-likeness (QED) is 0.828. The highest BCUT2D eigenvalue weighted by molar-refractivity contribution is 5.76. The minimum Gasteiger partial charge on any atom is -0.481 e. The van der Waals surface area contributed by atoms with Crippen molar-refractivity contribution in [2.75, 3.05) is 32.7 Å². The van der Waals surface area contributed by atoms with Crippen LogP contribution in [-0.4, -0.2) is 76.6 Å². The summed E-state index contributed by atoms with van der Waals surface area (Å²) in [4.78, 5) is 29.6. The maximum Gasteiger partial charge on any atom is 0.320 e. The number of piperidine rings is 1. The number of aliphatic carboxylic acids is 1. The van der Waals surface area contributed by atoms with Crippen molar-refractivity contribution in [3.63, 3.8) is 0 Å². The number of carboxylic acid groups (broad SMARTS) is 1. The van der Waals surface area contributed by atoms with Crippen molar-refractivity contribution < 1.29 is 14.7 Å². The van der Waals surface area contributed by atoms with Crippen molar-refractivity contribution in [1.82, 2.24) is 14.7 Å². The van der Waals surface area contributed by atoms with Crippen molar-refractivity contribution in [1.29, 1.82) is 0 Å². The van der Waals surface area contributed by atoms with Gasteiger partial charge in [-0.3, -0.25) is 9.69 Å². The first-order chi connectivity index (χ1) is 10.0. The van der Waals surface area contributed by atoms with Crippen LogP contribution in [-0.2, 0) is 4.79 Å². The van der Waals surface area contributed by atoms with E-state index >= 15 is 0 Å². The summed E-state index contributed by atoms with van der Waals surface area (Å²) in [6.07, 6.45) is 3.91. The molecule has 6 heteroatoms. The van der Waals surface area contributed by atoms with Gasteiger partial charge in [-0.1, -0.05) is 6.42 Å². The molecule has 2 unspecified atom stereocenters. The van der Waals surface area contributed by atoms with Crippen molar-refractivity contribution >= 4 is 12.0 Å². The summed E-state index contributed by atoms with van der Waals surface area (Å²) in [6.45, 7) is 6.30. The second-order valence-electron chi connectivity index (χ2n) is 6.80. The van der Waals surface area contributed by atoms with Crippen molar-refractivity contribution in [3.05, 3.63) is 0 Å². The summed E-state index contributed by atoms with van der Waals surface area (Å²) < 4.78 is 0. The van der Waals surface area contributed by atoms with Gasteiger partial charge in [0.05, 0.1) is 6.42 Å². The van der Waals surface area contributed by atoms with E-state index in [4.69, 9.17) is 5.11 Å². The maximum atomic E-state index is 12.6. The molecule has 0 bridgehead atoms. The van der Waals surface area contributed by atoms with Gasteiger partial charge in [0, 0.05) is 44.2 Å². The van der Waals surface area contributed by atoms with E-state index in [-0.39, 0.29) is 24.4 Å². The fourth-order valence-electron chi connectivity index (χ4n) is 3.90. The maximum absolute atomic E-state index is 12.6. The minimum absolute atomic E-state index is 0.106. The molecule has 3 rings (SSSR count). The Morgan fingerprint density at radius 2 is 1.90 bits per heavy atom. The molecule has 3 aliphatic rings. The summed E-state index contributed by atoms with van der Waals surface area (Å²) in [7, 11) is 0. The molecule has 3 saturated heterocycles. The van der Waals surface area contributed by atoms with Crippen molar-refractivity contribution in [2.24, 2.45) is 5.92 Å². The Labute approximate surface area is 125 Å². The number of carbonyl (C=O) groups is 2. The number of carbonyl (C=O) groups excluding carboxylic acids is 1. The highest BCUT2D eigenvalue weighted by Gasteiger charge is 2.40. The molecule has 3 heterocycles. The van der Waals surface area contributed by atoms with Gasteiger partial charge in [0.2, 0.25) is 0 Å². The fraction of sp³-hybridized carbons (Fsp3) is 0.867. The number of amides is 2. The number of fused-ring (bicyclic) bond motifs is 1. The molecule has 0 aliphatic carbocycles. The van der Waals surface area contributed by atoms with Crippen LogP contribution in [0.15, 0.2) is 0 Å². The molecule has 2 atom stereocenters. The Morgan fingerprint density at radius 3 is 2.62 bits per heavy atom. The average Bonchev–Trinajstić information content (AvgIpc) is 2.40. The second-order valence-corrected chi connectivity index (χ2v) is 6.80. The molecule has 0 saturated carbocycles. The molecule has 0 aromatic rings. The van der Waals surface area contributed by atoms with Crippen LogP contribution in [0.25, 0.3) is 0 Å². The number of hydrogen-bond acceptors (Lipinski definition) is 3. The SMILES string of the molecule is CC1CN2CCCCC2CN1C(=O)N1CC(CC(=O)O)C1. The number of rotatable bonds is 2. The zero-order chi connectivity index (χ0) is 15.0. The predicted octanol–water partition coefficient (Wildman–Crippen LogP) is 1.07. The van der Waals surface area contributed by atoms with Crippen LogP contribution in [0.2, 0.25) is 0 Å². The summed E-state index contributed by atoms with van der Waals surface area (Å²) >= 11 is 0. The highest BCUT2D eigenvalue weighted by Crippen LogP contribution is 2.27. The molecule has 0 spiro atoms. The number of nitrogens with zero attached hydrogens (tertiary/aromatic N) is 3. The van der Waals surface area contributed by atoms with E-state index in [1.165, 1.54) is 25.8 Å².